The van der Waals surface area contributed by atoms with Crippen LogP contribution in [-0.4, -0.2) is 39.0 Å². The number of halogens is 2. The lowest BCUT2D eigenvalue weighted by Gasteiger charge is -2.18. The molecule has 0 saturated heterocycles. The van der Waals surface area contributed by atoms with Crippen molar-refractivity contribution in [2.75, 3.05) is 5.75 Å². The third-order valence-electron chi connectivity index (χ3n) is 3.14. The van der Waals surface area contributed by atoms with Crippen LogP contribution in [0.25, 0.3) is 0 Å². The molecule has 0 fully saturated rings. The van der Waals surface area contributed by atoms with Gasteiger partial charge in [0, 0.05) is 0 Å². The molecular weight excluding hydrogens is 368 g/mol. The largest absolute Gasteiger partial charge is 0.477 e. The molecule has 0 aliphatic rings. The molecule has 0 heterocycles. The van der Waals surface area contributed by atoms with Gasteiger partial charge in [0.15, 0.2) is 15.7 Å². The maximum absolute atomic E-state index is 14.1. The van der Waals surface area contributed by atoms with E-state index < -0.39 is 53.3 Å². The number of carboxylic acid groups (broad SMARTS) is 1. The highest BCUT2D eigenvalue weighted by Gasteiger charge is 2.32. The Morgan fingerprint density at radius 3 is 2.25 bits per heavy atom. The van der Waals surface area contributed by atoms with Crippen LogP contribution in [0.3, 0.4) is 0 Å². The van der Waals surface area contributed by atoms with Crippen molar-refractivity contribution in [3.63, 3.8) is 0 Å². The summed E-state index contributed by atoms with van der Waals surface area (Å²) in [6.45, 7) is 3.02. The minimum absolute atomic E-state index is 0.115. The van der Waals surface area contributed by atoms with Crippen LogP contribution in [0.5, 0.6) is 0 Å². The fourth-order valence-corrected chi connectivity index (χ4v) is 5.56. The maximum atomic E-state index is 14.1. The Hall–Kier alpha value is -1.59. The second-order valence-corrected chi connectivity index (χ2v) is 8.91. The lowest BCUT2D eigenvalue weighted by Crippen LogP contribution is -2.41. The fourth-order valence-electron chi connectivity index (χ4n) is 2.01. The van der Waals surface area contributed by atoms with Crippen molar-refractivity contribution >= 4 is 25.8 Å². The zero-order chi connectivity index (χ0) is 18.7. The predicted molar refractivity (Wildman–Crippen MR) is 81.8 cm³/mol. The highest BCUT2D eigenvalue weighted by molar-refractivity contribution is 7.94. The molecule has 1 aromatic rings. The van der Waals surface area contributed by atoms with E-state index in [2.05, 4.69) is 0 Å². The van der Waals surface area contributed by atoms with Gasteiger partial charge in [-0.25, -0.2) is 30.4 Å². The normalized spacial score (nSPS) is 13.7. The molecule has 136 valence electrons. The van der Waals surface area contributed by atoms with Gasteiger partial charge in [-0.15, -0.1) is 0 Å². The second kappa shape index (κ2) is 7.53. The Balaban J connectivity index is 3.36. The summed E-state index contributed by atoms with van der Waals surface area (Å²) in [7, 11) is -8.52. The molecule has 0 aliphatic heterocycles. The minimum Gasteiger partial charge on any atom is -0.477 e. The topological polar surface area (TPSA) is 118 Å². The SMILES string of the molecule is CCCS(=O)(=O)C(CC)NS(=O)(=O)c1ccc(F)c(C(=O)O)c1F. The summed E-state index contributed by atoms with van der Waals surface area (Å²) >= 11 is 0. The van der Waals surface area contributed by atoms with Gasteiger partial charge in [-0.3, -0.25) is 0 Å². The third-order valence-corrected chi connectivity index (χ3v) is 7.07. The number of hydrogen-bond donors (Lipinski definition) is 2. The van der Waals surface area contributed by atoms with Crippen LogP contribution >= 0.6 is 0 Å². The lowest BCUT2D eigenvalue weighted by molar-refractivity contribution is 0.0685. The number of benzene rings is 1. The number of carboxylic acids is 1. The van der Waals surface area contributed by atoms with E-state index in [4.69, 9.17) is 5.11 Å². The number of nitrogens with one attached hydrogen (secondary N) is 1. The van der Waals surface area contributed by atoms with Gasteiger partial charge in [0.2, 0.25) is 10.0 Å². The zero-order valence-electron chi connectivity index (χ0n) is 12.9. The molecule has 0 radical (unpaired) electrons. The van der Waals surface area contributed by atoms with Gasteiger partial charge in [0.1, 0.15) is 21.7 Å². The van der Waals surface area contributed by atoms with Crippen LogP contribution in [0.15, 0.2) is 17.0 Å². The van der Waals surface area contributed by atoms with E-state index in [0.717, 1.165) is 0 Å². The van der Waals surface area contributed by atoms with Crippen LogP contribution in [0.2, 0.25) is 0 Å². The molecule has 0 bridgehead atoms. The molecule has 0 spiro atoms. The van der Waals surface area contributed by atoms with E-state index in [9.17, 15) is 30.4 Å². The Labute approximate surface area is 138 Å². The molecule has 0 amide bonds. The Bertz CT molecular complexity index is 836. The average molecular weight is 385 g/mol. The summed E-state index contributed by atoms with van der Waals surface area (Å²) in [5.74, 6) is -5.49. The zero-order valence-corrected chi connectivity index (χ0v) is 14.5. The van der Waals surface area contributed by atoms with Crippen molar-refractivity contribution in [2.24, 2.45) is 0 Å². The van der Waals surface area contributed by atoms with Gasteiger partial charge in [-0.1, -0.05) is 13.8 Å². The monoisotopic (exact) mass is 385 g/mol. The minimum atomic E-state index is -4.71. The molecule has 0 aromatic heterocycles. The van der Waals surface area contributed by atoms with E-state index in [1.54, 1.807) is 6.92 Å². The first-order valence-electron chi connectivity index (χ1n) is 6.93. The summed E-state index contributed by atoms with van der Waals surface area (Å²) in [6.07, 6.45) is 0.144. The smallest absolute Gasteiger partial charge is 0.341 e. The second-order valence-electron chi connectivity index (χ2n) is 4.92. The van der Waals surface area contributed by atoms with Crippen molar-refractivity contribution in [3.8, 4) is 0 Å². The summed E-state index contributed by atoms with van der Waals surface area (Å²) in [5.41, 5.74) is -1.43. The average Bonchev–Trinajstić information content (AvgIpc) is 2.43. The predicted octanol–water partition coefficient (Wildman–Crippen LogP) is 1.50. The summed E-state index contributed by atoms with van der Waals surface area (Å²) in [6, 6.07) is 1.03. The first kappa shape index (κ1) is 20.5. The molecule has 0 saturated carbocycles. The lowest BCUT2D eigenvalue weighted by atomic mass is 10.2. The number of sulfonamides is 1. The van der Waals surface area contributed by atoms with E-state index in [1.807, 2.05) is 4.72 Å². The molecule has 11 heteroatoms. The van der Waals surface area contributed by atoms with Gasteiger partial charge in [-0.2, -0.15) is 4.72 Å². The summed E-state index contributed by atoms with van der Waals surface area (Å²) in [5, 5.41) is 7.27. The van der Waals surface area contributed by atoms with E-state index >= 15 is 0 Å². The molecule has 1 atom stereocenters. The van der Waals surface area contributed by atoms with E-state index in [1.165, 1.54) is 6.92 Å². The molecule has 7 nitrogen and oxygen atoms in total. The van der Waals surface area contributed by atoms with Gasteiger partial charge >= 0.3 is 5.97 Å². The number of hydrogen-bond acceptors (Lipinski definition) is 5. The van der Waals surface area contributed by atoms with Crippen molar-refractivity contribution in [3.05, 3.63) is 29.3 Å². The number of carbonyl (C=O) groups is 1. The molecule has 24 heavy (non-hydrogen) atoms. The molecule has 1 rings (SSSR count). The quantitative estimate of drug-likeness (QED) is 0.700. The van der Waals surface area contributed by atoms with E-state index in [-0.39, 0.29) is 18.6 Å². The van der Waals surface area contributed by atoms with Gasteiger partial charge in [0.25, 0.3) is 0 Å². The maximum Gasteiger partial charge on any atom is 0.341 e. The van der Waals surface area contributed by atoms with Crippen LogP contribution in [0, 0.1) is 11.6 Å². The Kier molecular flexibility index (Phi) is 6.42. The number of aromatic carboxylic acids is 1. The number of sulfone groups is 1. The highest BCUT2D eigenvalue weighted by atomic mass is 32.2. The Morgan fingerprint density at radius 1 is 1.21 bits per heavy atom. The summed E-state index contributed by atoms with van der Waals surface area (Å²) in [4.78, 5) is 9.72. The molecule has 1 aromatic carbocycles. The summed E-state index contributed by atoms with van der Waals surface area (Å²) < 4.78 is 77.8. The third kappa shape index (κ3) is 4.28. The van der Waals surface area contributed by atoms with Crippen LogP contribution in [0.4, 0.5) is 8.78 Å². The Morgan fingerprint density at radius 2 is 1.79 bits per heavy atom. The standard InChI is InChI=1S/C13H17F2NO6S2/c1-3-7-23(19,20)10(4-2)16-24(21,22)9-6-5-8(14)11(12(9)15)13(17)18/h5-6,10,16H,3-4,7H2,1-2H3,(H,17,18). The first-order valence-corrected chi connectivity index (χ1v) is 10.1. The van der Waals surface area contributed by atoms with Crippen molar-refractivity contribution in [1.82, 2.24) is 4.72 Å². The highest BCUT2D eigenvalue weighted by Crippen LogP contribution is 2.22. The fraction of sp³-hybridized carbons (Fsp3) is 0.462. The van der Waals surface area contributed by atoms with Crippen molar-refractivity contribution in [2.45, 2.75) is 37.0 Å². The van der Waals surface area contributed by atoms with Crippen molar-refractivity contribution < 1.29 is 35.5 Å². The number of rotatable bonds is 8. The molecule has 2 N–H and O–H groups in total. The van der Waals surface area contributed by atoms with Crippen LogP contribution < -0.4 is 4.72 Å². The van der Waals surface area contributed by atoms with Crippen molar-refractivity contribution in [1.29, 1.82) is 0 Å². The van der Waals surface area contributed by atoms with Crippen LogP contribution in [0.1, 0.15) is 37.0 Å². The molecular formula is C13H17F2NO6S2. The van der Waals surface area contributed by atoms with E-state index in [0.29, 0.717) is 12.1 Å². The van der Waals surface area contributed by atoms with Crippen LogP contribution in [-0.2, 0) is 19.9 Å². The van der Waals surface area contributed by atoms with Gasteiger partial charge in [-0.05, 0) is 25.0 Å². The van der Waals surface area contributed by atoms with Gasteiger partial charge < -0.3 is 5.11 Å². The molecule has 1 unspecified atom stereocenters. The van der Waals surface area contributed by atoms with Gasteiger partial charge in [0.05, 0.1) is 5.75 Å². The first-order chi connectivity index (χ1) is 11.0. The molecule has 0 aliphatic carbocycles.